The second kappa shape index (κ2) is 6.58. The standard InChI is InChI=1S/C13H26N2O/c16-10-7-13-11-14-8-9-15(13)12-5-3-1-2-4-6-12/h12-14,16H,1-11H2. The second-order valence-corrected chi connectivity index (χ2v) is 5.25. The molecule has 1 aliphatic carbocycles. The lowest BCUT2D eigenvalue weighted by Gasteiger charge is -2.41. The highest BCUT2D eigenvalue weighted by Crippen LogP contribution is 2.24. The van der Waals surface area contributed by atoms with Crippen LogP contribution < -0.4 is 5.32 Å². The first-order chi connectivity index (χ1) is 7.92. The Hall–Kier alpha value is -0.120. The fourth-order valence-corrected chi connectivity index (χ4v) is 3.26. The van der Waals surface area contributed by atoms with Crippen LogP contribution in [0.4, 0.5) is 0 Å². The molecule has 0 spiro atoms. The van der Waals surface area contributed by atoms with Crippen molar-refractivity contribution in [3.63, 3.8) is 0 Å². The minimum atomic E-state index is 0.329. The highest BCUT2D eigenvalue weighted by atomic mass is 16.3. The van der Waals surface area contributed by atoms with Crippen LogP contribution in [0.25, 0.3) is 0 Å². The summed E-state index contributed by atoms with van der Waals surface area (Å²) < 4.78 is 0. The zero-order chi connectivity index (χ0) is 11.2. The quantitative estimate of drug-likeness (QED) is 0.713. The van der Waals surface area contributed by atoms with Crippen LogP contribution in [0.5, 0.6) is 0 Å². The molecular formula is C13H26N2O. The maximum absolute atomic E-state index is 9.14. The topological polar surface area (TPSA) is 35.5 Å². The summed E-state index contributed by atoms with van der Waals surface area (Å²) in [4.78, 5) is 2.68. The van der Waals surface area contributed by atoms with Gasteiger partial charge in [0.1, 0.15) is 0 Å². The third kappa shape index (κ3) is 3.19. The van der Waals surface area contributed by atoms with Gasteiger partial charge in [0.2, 0.25) is 0 Å². The third-order valence-corrected chi connectivity index (χ3v) is 4.15. The molecule has 1 aliphatic heterocycles. The Morgan fingerprint density at radius 3 is 2.56 bits per heavy atom. The minimum absolute atomic E-state index is 0.329. The highest BCUT2D eigenvalue weighted by molar-refractivity contribution is 4.85. The Bertz CT molecular complexity index is 188. The lowest BCUT2D eigenvalue weighted by atomic mass is 10.0. The Morgan fingerprint density at radius 2 is 1.88 bits per heavy atom. The van der Waals surface area contributed by atoms with Crippen molar-refractivity contribution in [1.82, 2.24) is 10.2 Å². The number of aliphatic hydroxyl groups is 1. The van der Waals surface area contributed by atoms with Gasteiger partial charge in [-0.3, -0.25) is 4.90 Å². The molecular weight excluding hydrogens is 200 g/mol. The zero-order valence-corrected chi connectivity index (χ0v) is 10.3. The van der Waals surface area contributed by atoms with E-state index in [-0.39, 0.29) is 0 Å². The van der Waals surface area contributed by atoms with Crippen LogP contribution >= 0.6 is 0 Å². The van der Waals surface area contributed by atoms with Crippen LogP contribution in [0.15, 0.2) is 0 Å². The first kappa shape index (κ1) is 12.3. The molecule has 0 radical (unpaired) electrons. The largest absolute Gasteiger partial charge is 0.396 e. The van der Waals surface area contributed by atoms with Crippen molar-refractivity contribution >= 4 is 0 Å². The summed E-state index contributed by atoms with van der Waals surface area (Å²) in [5.41, 5.74) is 0. The van der Waals surface area contributed by atoms with Gasteiger partial charge in [0.15, 0.2) is 0 Å². The van der Waals surface area contributed by atoms with Crippen molar-refractivity contribution in [2.75, 3.05) is 26.2 Å². The van der Waals surface area contributed by atoms with Gasteiger partial charge in [-0.15, -0.1) is 0 Å². The van der Waals surface area contributed by atoms with Gasteiger partial charge in [0.25, 0.3) is 0 Å². The number of hydrogen-bond acceptors (Lipinski definition) is 3. The van der Waals surface area contributed by atoms with E-state index in [0.29, 0.717) is 12.6 Å². The normalized spacial score (nSPS) is 30.2. The zero-order valence-electron chi connectivity index (χ0n) is 10.3. The number of aliphatic hydroxyl groups excluding tert-OH is 1. The molecule has 3 heteroatoms. The summed E-state index contributed by atoms with van der Waals surface area (Å²) in [6.07, 6.45) is 9.34. The van der Waals surface area contributed by atoms with Crippen molar-refractivity contribution in [2.24, 2.45) is 0 Å². The molecule has 0 aromatic rings. The summed E-state index contributed by atoms with van der Waals surface area (Å²) in [6.45, 7) is 3.69. The van der Waals surface area contributed by atoms with Crippen molar-refractivity contribution < 1.29 is 5.11 Å². The van der Waals surface area contributed by atoms with Crippen LogP contribution in [0.3, 0.4) is 0 Å². The molecule has 2 fully saturated rings. The molecule has 1 saturated carbocycles. The van der Waals surface area contributed by atoms with Gasteiger partial charge in [-0.1, -0.05) is 25.7 Å². The van der Waals surface area contributed by atoms with E-state index in [1.54, 1.807) is 0 Å². The van der Waals surface area contributed by atoms with E-state index < -0.39 is 0 Å². The van der Waals surface area contributed by atoms with Crippen LogP contribution in [0.1, 0.15) is 44.9 Å². The molecule has 0 aromatic heterocycles. The number of nitrogens with one attached hydrogen (secondary N) is 1. The average Bonchev–Trinajstić information content (AvgIpc) is 2.59. The molecule has 2 rings (SSSR count). The van der Waals surface area contributed by atoms with Crippen molar-refractivity contribution in [3.8, 4) is 0 Å². The summed E-state index contributed by atoms with van der Waals surface area (Å²) in [5.74, 6) is 0. The fourth-order valence-electron chi connectivity index (χ4n) is 3.26. The summed E-state index contributed by atoms with van der Waals surface area (Å²) in [6, 6.07) is 1.36. The van der Waals surface area contributed by atoms with Gasteiger partial charge in [-0.25, -0.2) is 0 Å². The van der Waals surface area contributed by atoms with E-state index in [4.69, 9.17) is 5.11 Å². The third-order valence-electron chi connectivity index (χ3n) is 4.15. The SMILES string of the molecule is OCCC1CNCCN1C1CCCCCC1. The minimum Gasteiger partial charge on any atom is -0.396 e. The average molecular weight is 226 g/mol. The van der Waals surface area contributed by atoms with Gasteiger partial charge in [0, 0.05) is 38.3 Å². The van der Waals surface area contributed by atoms with Crippen LogP contribution in [-0.4, -0.2) is 48.3 Å². The highest BCUT2D eigenvalue weighted by Gasteiger charge is 2.28. The molecule has 16 heavy (non-hydrogen) atoms. The predicted octanol–water partition coefficient (Wildman–Crippen LogP) is 1.37. The molecule has 0 bridgehead atoms. The summed E-state index contributed by atoms with van der Waals surface area (Å²) in [7, 11) is 0. The number of nitrogens with zero attached hydrogens (tertiary/aromatic N) is 1. The maximum Gasteiger partial charge on any atom is 0.0446 e. The van der Waals surface area contributed by atoms with Gasteiger partial charge in [-0.05, 0) is 19.3 Å². The lowest BCUT2D eigenvalue weighted by Crippen LogP contribution is -2.55. The van der Waals surface area contributed by atoms with E-state index in [1.165, 1.54) is 45.1 Å². The molecule has 0 aromatic carbocycles. The van der Waals surface area contributed by atoms with E-state index >= 15 is 0 Å². The van der Waals surface area contributed by atoms with E-state index in [1.807, 2.05) is 0 Å². The molecule has 2 aliphatic rings. The molecule has 0 amide bonds. The molecule has 1 heterocycles. The van der Waals surface area contributed by atoms with Crippen LogP contribution in [0.2, 0.25) is 0 Å². The summed E-state index contributed by atoms with van der Waals surface area (Å²) >= 11 is 0. The van der Waals surface area contributed by atoms with E-state index in [0.717, 1.165) is 25.6 Å². The molecule has 94 valence electrons. The fraction of sp³-hybridized carbons (Fsp3) is 1.00. The predicted molar refractivity (Wildman–Crippen MR) is 66.6 cm³/mol. The maximum atomic E-state index is 9.14. The second-order valence-electron chi connectivity index (χ2n) is 5.25. The number of piperazine rings is 1. The lowest BCUT2D eigenvalue weighted by molar-refractivity contribution is 0.0779. The van der Waals surface area contributed by atoms with Gasteiger partial charge >= 0.3 is 0 Å². The molecule has 3 nitrogen and oxygen atoms in total. The Kier molecular flexibility index (Phi) is 5.07. The van der Waals surface area contributed by atoms with Gasteiger partial charge < -0.3 is 10.4 Å². The van der Waals surface area contributed by atoms with E-state index in [9.17, 15) is 0 Å². The Balaban J connectivity index is 1.92. The van der Waals surface area contributed by atoms with Crippen LogP contribution in [0, 0.1) is 0 Å². The monoisotopic (exact) mass is 226 g/mol. The van der Waals surface area contributed by atoms with E-state index in [2.05, 4.69) is 10.2 Å². The smallest absolute Gasteiger partial charge is 0.0446 e. The number of hydrogen-bond donors (Lipinski definition) is 2. The Morgan fingerprint density at radius 1 is 1.12 bits per heavy atom. The first-order valence-electron chi connectivity index (χ1n) is 6.99. The van der Waals surface area contributed by atoms with Gasteiger partial charge in [0.05, 0.1) is 0 Å². The Labute approximate surface area is 99.2 Å². The molecule has 1 saturated heterocycles. The van der Waals surface area contributed by atoms with Gasteiger partial charge in [-0.2, -0.15) is 0 Å². The number of rotatable bonds is 3. The van der Waals surface area contributed by atoms with Crippen molar-refractivity contribution in [2.45, 2.75) is 57.0 Å². The van der Waals surface area contributed by atoms with Crippen molar-refractivity contribution in [3.05, 3.63) is 0 Å². The molecule has 1 unspecified atom stereocenters. The molecule has 1 atom stereocenters. The first-order valence-corrected chi connectivity index (χ1v) is 6.99. The summed E-state index contributed by atoms with van der Waals surface area (Å²) in [5, 5.41) is 12.6. The van der Waals surface area contributed by atoms with Crippen LogP contribution in [-0.2, 0) is 0 Å². The van der Waals surface area contributed by atoms with Crippen molar-refractivity contribution in [1.29, 1.82) is 0 Å². The molecule has 2 N–H and O–H groups in total.